The summed E-state index contributed by atoms with van der Waals surface area (Å²) in [4.78, 5) is 20.1. The first-order chi connectivity index (χ1) is 13.0. The third kappa shape index (κ3) is 3.59. The van der Waals surface area contributed by atoms with Gasteiger partial charge in [0, 0.05) is 22.7 Å². The number of aromatic amines is 1. The maximum atomic E-state index is 13.1. The van der Waals surface area contributed by atoms with Gasteiger partial charge in [-0.25, -0.2) is 0 Å². The molecule has 0 saturated carbocycles. The SMILES string of the molecule is COc1ccc(NC(=O)c2[nH]c3cc(C)sc3c2CN2CCCC2)c(C)c1. The quantitative estimate of drug-likeness (QED) is 0.671. The number of ether oxygens (including phenoxy) is 1. The van der Waals surface area contributed by atoms with E-state index < -0.39 is 0 Å². The minimum Gasteiger partial charge on any atom is -0.497 e. The predicted molar refractivity (Wildman–Crippen MR) is 111 cm³/mol. The Morgan fingerprint density at radius 3 is 2.74 bits per heavy atom. The molecule has 1 fully saturated rings. The van der Waals surface area contributed by atoms with Crippen LogP contribution in [0, 0.1) is 13.8 Å². The molecule has 3 aromatic rings. The van der Waals surface area contributed by atoms with Gasteiger partial charge in [-0.3, -0.25) is 9.69 Å². The smallest absolute Gasteiger partial charge is 0.272 e. The Bertz CT molecular complexity index is 983. The molecule has 142 valence electrons. The maximum absolute atomic E-state index is 13.1. The van der Waals surface area contributed by atoms with Gasteiger partial charge in [0.25, 0.3) is 5.91 Å². The molecule has 1 amide bonds. The summed E-state index contributed by atoms with van der Waals surface area (Å²) in [7, 11) is 1.64. The second-order valence-corrected chi connectivity index (χ2v) is 8.45. The van der Waals surface area contributed by atoms with Gasteiger partial charge >= 0.3 is 0 Å². The Balaban J connectivity index is 1.65. The van der Waals surface area contributed by atoms with Crippen molar-refractivity contribution in [2.75, 3.05) is 25.5 Å². The number of aromatic nitrogens is 1. The zero-order valence-electron chi connectivity index (χ0n) is 16.0. The monoisotopic (exact) mass is 383 g/mol. The van der Waals surface area contributed by atoms with Crippen molar-refractivity contribution < 1.29 is 9.53 Å². The standard InChI is InChI=1S/C21H25N3O2S/c1-13-10-15(26-3)6-7-17(13)23-21(25)19-16(12-24-8-4-5-9-24)20-18(22-19)11-14(2)27-20/h6-7,10-11,22H,4-5,8-9,12H2,1-3H3,(H,23,25). The molecule has 6 heteroatoms. The van der Waals surface area contributed by atoms with Crippen LogP contribution in [-0.4, -0.2) is 36.0 Å². The zero-order valence-corrected chi connectivity index (χ0v) is 16.8. The van der Waals surface area contributed by atoms with Crippen LogP contribution in [0.3, 0.4) is 0 Å². The van der Waals surface area contributed by atoms with Gasteiger partial charge in [-0.2, -0.15) is 0 Å². The number of carbonyl (C=O) groups excluding carboxylic acids is 1. The summed E-state index contributed by atoms with van der Waals surface area (Å²) < 4.78 is 6.46. The summed E-state index contributed by atoms with van der Waals surface area (Å²) in [6.45, 7) is 7.12. The second-order valence-electron chi connectivity index (χ2n) is 7.20. The Kier molecular flexibility index (Phi) is 4.93. The van der Waals surface area contributed by atoms with Gasteiger partial charge < -0.3 is 15.0 Å². The summed E-state index contributed by atoms with van der Waals surface area (Å²) in [5.41, 5.74) is 4.64. The highest BCUT2D eigenvalue weighted by Crippen LogP contribution is 2.33. The van der Waals surface area contributed by atoms with Crippen molar-refractivity contribution in [3.8, 4) is 5.75 Å². The topological polar surface area (TPSA) is 57.4 Å². The Morgan fingerprint density at radius 1 is 1.26 bits per heavy atom. The fraction of sp³-hybridized carbons (Fsp3) is 0.381. The molecule has 0 radical (unpaired) electrons. The molecule has 5 nitrogen and oxygen atoms in total. The van der Waals surface area contributed by atoms with Crippen LogP contribution in [0.25, 0.3) is 10.2 Å². The van der Waals surface area contributed by atoms with Crippen LogP contribution in [0.2, 0.25) is 0 Å². The van der Waals surface area contributed by atoms with E-state index in [1.807, 2.05) is 25.1 Å². The average Bonchev–Trinajstić information content (AvgIpc) is 3.35. The predicted octanol–water partition coefficient (Wildman–Crippen LogP) is 4.70. The van der Waals surface area contributed by atoms with Crippen molar-refractivity contribution in [2.24, 2.45) is 0 Å². The second kappa shape index (κ2) is 7.37. The number of aryl methyl sites for hydroxylation is 2. The highest BCUT2D eigenvalue weighted by molar-refractivity contribution is 7.19. The number of hydrogen-bond donors (Lipinski definition) is 2. The molecule has 27 heavy (non-hydrogen) atoms. The number of methoxy groups -OCH3 is 1. The van der Waals surface area contributed by atoms with Gasteiger partial charge in [0.05, 0.1) is 17.3 Å². The van der Waals surface area contributed by atoms with Crippen LogP contribution >= 0.6 is 11.3 Å². The first-order valence-electron chi connectivity index (χ1n) is 9.34. The first-order valence-corrected chi connectivity index (χ1v) is 10.2. The van der Waals surface area contributed by atoms with Crippen LogP contribution in [0.4, 0.5) is 5.69 Å². The van der Waals surface area contributed by atoms with Crippen molar-refractivity contribution in [3.63, 3.8) is 0 Å². The zero-order chi connectivity index (χ0) is 19.0. The summed E-state index contributed by atoms with van der Waals surface area (Å²) in [6, 6.07) is 7.81. The van der Waals surface area contributed by atoms with E-state index in [9.17, 15) is 4.79 Å². The summed E-state index contributed by atoms with van der Waals surface area (Å²) in [5.74, 6) is 0.703. The van der Waals surface area contributed by atoms with E-state index in [0.29, 0.717) is 5.69 Å². The molecule has 2 aromatic heterocycles. The Hall–Kier alpha value is -2.31. The number of fused-ring (bicyclic) bond motifs is 1. The molecule has 0 atom stereocenters. The number of H-pyrrole nitrogens is 1. The van der Waals surface area contributed by atoms with E-state index in [-0.39, 0.29) is 5.91 Å². The molecular weight excluding hydrogens is 358 g/mol. The molecule has 1 aliphatic rings. The van der Waals surface area contributed by atoms with Gasteiger partial charge in [-0.05, 0) is 69.6 Å². The summed E-state index contributed by atoms with van der Waals surface area (Å²) >= 11 is 1.76. The van der Waals surface area contributed by atoms with E-state index in [1.54, 1.807) is 18.4 Å². The highest BCUT2D eigenvalue weighted by Gasteiger charge is 2.23. The summed E-state index contributed by atoms with van der Waals surface area (Å²) in [6.07, 6.45) is 2.48. The molecule has 0 unspecified atom stereocenters. The van der Waals surface area contributed by atoms with E-state index in [1.165, 1.54) is 22.4 Å². The average molecular weight is 384 g/mol. The fourth-order valence-corrected chi connectivity index (χ4v) is 4.76. The highest BCUT2D eigenvalue weighted by atomic mass is 32.1. The van der Waals surface area contributed by atoms with E-state index in [0.717, 1.165) is 47.7 Å². The number of carbonyl (C=O) groups is 1. The molecule has 1 saturated heterocycles. The van der Waals surface area contributed by atoms with Crippen LogP contribution in [0.1, 0.15) is 39.3 Å². The van der Waals surface area contributed by atoms with Gasteiger partial charge in [0.2, 0.25) is 0 Å². The van der Waals surface area contributed by atoms with Crippen LogP contribution in [-0.2, 0) is 6.54 Å². The van der Waals surface area contributed by atoms with Crippen LogP contribution in [0.15, 0.2) is 24.3 Å². The molecular formula is C21H25N3O2S. The number of likely N-dealkylation sites (tertiary alicyclic amines) is 1. The Labute approximate surface area is 163 Å². The summed E-state index contributed by atoms with van der Waals surface area (Å²) in [5, 5.41) is 3.07. The molecule has 0 aliphatic carbocycles. The van der Waals surface area contributed by atoms with Crippen LogP contribution < -0.4 is 10.1 Å². The molecule has 0 spiro atoms. The minimum atomic E-state index is -0.0847. The number of rotatable bonds is 5. The third-order valence-electron chi connectivity index (χ3n) is 5.18. The van der Waals surface area contributed by atoms with Crippen molar-refractivity contribution in [3.05, 3.63) is 46.0 Å². The number of amides is 1. The van der Waals surface area contributed by atoms with Crippen molar-refractivity contribution in [2.45, 2.75) is 33.2 Å². The molecule has 0 bridgehead atoms. The van der Waals surface area contributed by atoms with Gasteiger partial charge in [0.15, 0.2) is 0 Å². The first kappa shape index (κ1) is 18.1. The number of nitrogens with zero attached hydrogens (tertiary/aromatic N) is 1. The number of thiophene rings is 1. The normalized spacial score (nSPS) is 14.8. The lowest BCUT2D eigenvalue weighted by atomic mass is 10.1. The van der Waals surface area contributed by atoms with Gasteiger partial charge in [0.1, 0.15) is 11.4 Å². The lowest BCUT2D eigenvalue weighted by Crippen LogP contribution is -2.21. The van der Waals surface area contributed by atoms with Gasteiger partial charge in [-0.1, -0.05) is 0 Å². The van der Waals surface area contributed by atoms with Crippen LogP contribution in [0.5, 0.6) is 5.75 Å². The molecule has 3 heterocycles. The third-order valence-corrected chi connectivity index (χ3v) is 6.29. The lowest BCUT2D eigenvalue weighted by Gasteiger charge is -2.15. The fourth-order valence-electron chi connectivity index (χ4n) is 3.75. The molecule has 1 aliphatic heterocycles. The number of hydrogen-bond acceptors (Lipinski definition) is 4. The number of benzene rings is 1. The Morgan fingerprint density at radius 2 is 2.04 bits per heavy atom. The largest absolute Gasteiger partial charge is 0.497 e. The maximum Gasteiger partial charge on any atom is 0.272 e. The van der Waals surface area contributed by atoms with E-state index >= 15 is 0 Å². The number of nitrogens with one attached hydrogen (secondary N) is 2. The molecule has 2 N–H and O–H groups in total. The lowest BCUT2D eigenvalue weighted by molar-refractivity contribution is 0.102. The number of anilines is 1. The molecule has 4 rings (SSSR count). The van der Waals surface area contributed by atoms with E-state index in [2.05, 4.69) is 28.2 Å². The van der Waals surface area contributed by atoms with E-state index in [4.69, 9.17) is 4.74 Å². The van der Waals surface area contributed by atoms with Gasteiger partial charge in [-0.15, -0.1) is 11.3 Å². The van der Waals surface area contributed by atoms with Crippen molar-refractivity contribution in [1.29, 1.82) is 0 Å². The van der Waals surface area contributed by atoms with Crippen molar-refractivity contribution >= 4 is 33.1 Å². The van der Waals surface area contributed by atoms with Crippen molar-refractivity contribution in [1.82, 2.24) is 9.88 Å². The minimum absolute atomic E-state index is 0.0847. The molecule has 1 aromatic carbocycles.